The summed E-state index contributed by atoms with van der Waals surface area (Å²) in [6, 6.07) is 0. The molecule has 0 aliphatic carbocycles. The third-order valence-electron chi connectivity index (χ3n) is 8.39. The Labute approximate surface area is 285 Å². The average Bonchev–Trinajstić information content (AvgIpc) is 3.04. The average molecular weight is 660 g/mol. The highest BCUT2D eigenvalue weighted by Gasteiger charge is 2.16. The summed E-state index contributed by atoms with van der Waals surface area (Å²) in [5.41, 5.74) is 0. The predicted octanol–water partition coefficient (Wildman–Crippen LogP) is 5.27. The lowest BCUT2D eigenvalue weighted by atomic mass is 10.00. The van der Waals surface area contributed by atoms with E-state index in [2.05, 4.69) is 93.9 Å². The maximum atomic E-state index is 5.54. The Kier molecular flexibility index (Phi) is 26.0. The third kappa shape index (κ3) is 25.6. The van der Waals surface area contributed by atoms with Crippen LogP contribution in [0, 0.1) is 5.92 Å². The first-order valence-corrected chi connectivity index (χ1v) is 18.6. The Balaban J connectivity index is 0.000000307. The molecule has 4 aliphatic rings. The van der Waals surface area contributed by atoms with E-state index in [0.717, 1.165) is 72.2 Å². The molecule has 0 bridgehead atoms. The molecule has 0 aromatic heterocycles. The second-order valence-corrected chi connectivity index (χ2v) is 14.5. The Bertz CT molecular complexity index is 603. The molecule has 0 atom stereocenters. The zero-order valence-corrected chi connectivity index (χ0v) is 32.0. The molecule has 276 valence electrons. The number of ether oxygens (including phenoxy) is 5. The van der Waals surface area contributed by atoms with Crippen molar-refractivity contribution in [2.24, 2.45) is 5.92 Å². The summed E-state index contributed by atoms with van der Waals surface area (Å²) in [7, 11) is 2.17. The lowest BCUT2D eigenvalue weighted by Crippen LogP contribution is -2.45. The van der Waals surface area contributed by atoms with E-state index in [0.29, 0.717) is 24.4 Å². The molecule has 0 aromatic carbocycles. The highest BCUT2D eigenvalue weighted by molar-refractivity contribution is 4.68. The van der Waals surface area contributed by atoms with Crippen LogP contribution in [0.4, 0.5) is 0 Å². The van der Waals surface area contributed by atoms with Crippen molar-refractivity contribution in [1.82, 2.24) is 24.5 Å². The van der Waals surface area contributed by atoms with Gasteiger partial charge in [0.25, 0.3) is 0 Å². The van der Waals surface area contributed by atoms with Crippen molar-refractivity contribution < 1.29 is 23.7 Å². The molecule has 46 heavy (non-hydrogen) atoms. The first kappa shape index (κ1) is 43.6. The SMILES string of the molecule is CC(C)OCN1CCCCC1.CC(C)OCN1CCN(C)CC1.CC(C)OCN1CCOCC1.CC1CCN(COC(C)C)CC1. The zero-order valence-electron chi connectivity index (χ0n) is 32.0. The fourth-order valence-corrected chi connectivity index (χ4v) is 5.00. The van der Waals surface area contributed by atoms with Gasteiger partial charge >= 0.3 is 0 Å². The number of piperidine rings is 2. The maximum absolute atomic E-state index is 5.54. The van der Waals surface area contributed by atoms with Crippen molar-refractivity contribution in [2.45, 2.75) is 119 Å². The van der Waals surface area contributed by atoms with Crippen LogP contribution in [-0.4, -0.2) is 162 Å². The first-order valence-electron chi connectivity index (χ1n) is 18.6. The van der Waals surface area contributed by atoms with Crippen LogP contribution < -0.4 is 0 Å². The van der Waals surface area contributed by atoms with E-state index in [1.807, 2.05) is 0 Å². The molecule has 4 saturated heterocycles. The van der Waals surface area contributed by atoms with Crippen molar-refractivity contribution in [2.75, 3.05) is 113 Å². The fraction of sp³-hybridized carbons (Fsp3) is 1.00. The van der Waals surface area contributed by atoms with E-state index in [1.54, 1.807) is 0 Å². The van der Waals surface area contributed by atoms with Crippen LogP contribution in [0.5, 0.6) is 0 Å². The minimum Gasteiger partial charge on any atom is -0.379 e. The van der Waals surface area contributed by atoms with Crippen LogP contribution in [0.2, 0.25) is 0 Å². The monoisotopic (exact) mass is 660 g/mol. The minimum absolute atomic E-state index is 0.331. The van der Waals surface area contributed by atoms with Crippen molar-refractivity contribution >= 4 is 0 Å². The molecule has 0 saturated carbocycles. The van der Waals surface area contributed by atoms with E-state index < -0.39 is 0 Å². The van der Waals surface area contributed by atoms with Crippen LogP contribution in [0.15, 0.2) is 0 Å². The van der Waals surface area contributed by atoms with Gasteiger partial charge in [0, 0.05) is 65.4 Å². The van der Waals surface area contributed by atoms with Gasteiger partial charge in [0.1, 0.15) is 0 Å². The number of likely N-dealkylation sites (N-methyl/N-ethyl adjacent to an activating group) is 1. The van der Waals surface area contributed by atoms with Crippen molar-refractivity contribution in [3.8, 4) is 0 Å². The molecule has 10 nitrogen and oxygen atoms in total. The number of nitrogens with zero attached hydrogens (tertiary/aromatic N) is 5. The van der Waals surface area contributed by atoms with Gasteiger partial charge in [-0.15, -0.1) is 0 Å². The van der Waals surface area contributed by atoms with E-state index in [-0.39, 0.29) is 0 Å². The number of rotatable bonds is 12. The summed E-state index contributed by atoms with van der Waals surface area (Å²) in [6.45, 7) is 35.4. The van der Waals surface area contributed by atoms with Gasteiger partial charge in [0.05, 0.1) is 64.6 Å². The van der Waals surface area contributed by atoms with E-state index in [9.17, 15) is 0 Å². The molecular formula is C36H77N5O5. The fourth-order valence-electron chi connectivity index (χ4n) is 5.00. The van der Waals surface area contributed by atoms with Crippen LogP contribution in [-0.2, 0) is 23.7 Å². The molecule has 4 heterocycles. The molecular weight excluding hydrogens is 582 g/mol. The number of morpholine rings is 1. The van der Waals surface area contributed by atoms with Gasteiger partial charge in [0.15, 0.2) is 0 Å². The molecule has 0 amide bonds. The Morgan fingerprint density at radius 3 is 1.22 bits per heavy atom. The second kappa shape index (κ2) is 27.4. The molecule has 10 heteroatoms. The van der Waals surface area contributed by atoms with Crippen molar-refractivity contribution in [3.63, 3.8) is 0 Å². The molecule has 0 spiro atoms. The maximum Gasteiger partial charge on any atom is 0.0995 e. The van der Waals surface area contributed by atoms with Crippen molar-refractivity contribution in [3.05, 3.63) is 0 Å². The molecule has 0 N–H and O–H groups in total. The van der Waals surface area contributed by atoms with Crippen LogP contribution in [0.3, 0.4) is 0 Å². The molecule has 4 aliphatic heterocycles. The number of hydrogen-bond donors (Lipinski definition) is 0. The Morgan fingerprint density at radius 2 is 0.826 bits per heavy atom. The summed E-state index contributed by atoms with van der Waals surface area (Å²) in [6.07, 6.45) is 8.19. The Morgan fingerprint density at radius 1 is 0.478 bits per heavy atom. The van der Waals surface area contributed by atoms with Gasteiger partial charge in [0.2, 0.25) is 0 Å². The highest BCUT2D eigenvalue weighted by atomic mass is 16.5. The lowest BCUT2D eigenvalue weighted by molar-refractivity contribution is -0.0511. The number of piperazine rings is 1. The van der Waals surface area contributed by atoms with Gasteiger partial charge in [-0.1, -0.05) is 13.3 Å². The van der Waals surface area contributed by atoms with E-state index >= 15 is 0 Å². The number of hydrogen-bond acceptors (Lipinski definition) is 10. The normalized spacial score (nSPS) is 21.5. The van der Waals surface area contributed by atoms with Crippen LogP contribution >= 0.6 is 0 Å². The van der Waals surface area contributed by atoms with Gasteiger partial charge in [-0.3, -0.25) is 19.6 Å². The summed E-state index contributed by atoms with van der Waals surface area (Å²) >= 11 is 0. The third-order valence-corrected chi connectivity index (χ3v) is 8.39. The summed E-state index contributed by atoms with van der Waals surface area (Å²) in [4.78, 5) is 11.8. The highest BCUT2D eigenvalue weighted by Crippen LogP contribution is 2.15. The first-order chi connectivity index (χ1) is 21.9. The molecule has 4 rings (SSSR count). The summed E-state index contributed by atoms with van der Waals surface area (Å²) in [5, 5.41) is 0. The lowest BCUT2D eigenvalue weighted by Gasteiger charge is -2.32. The Hall–Kier alpha value is -0.400. The van der Waals surface area contributed by atoms with Crippen molar-refractivity contribution in [1.29, 1.82) is 0 Å². The molecule has 0 radical (unpaired) electrons. The van der Waals surface area contributed by atoms with Crippen LogP contribution in [0.1, 0.15) is 94.4 Å². The van der Waals surface area contributed by atoms with Gasteiger partial charge < -0.3 is 28.6 Å². The standard InChI is InChI=1S/C10H21NO.C9H20N2O.C9H19NO.C8H17NO2/c2*1-9(2)12-8-11-6-4-10(3)5-7-11;1-9(2)11-8-10-6-4-3-5-7-10;1-8(2)11-7-9-3-5-10-6-4-9/h9-10H,4-8H2,1-3H3;9H,4-8H2,1-3H3;9H,3-8H2,1-2H3;8H,3-7H2,1-2H3. The predicted molar refractivity (Wildman–Crippen MR) is 191 cm³/mol. The molecule has 0 unspecified atom stereocenters. The minimum atomic E-state index is 0.331. The van der Waals surface area contributed by atoms with Crippen LogP contribution in [0.25, 0.3) is 0 Å². The zero-order chi connectivity index (χ0) is 34.2. The quantitative estimate of drug-likeness (QED) is 0.277. The van der Waals surface area contributed by atoms with Gasteiger partial charge in [-0.25, -0.2) is 0 Å². The smallest absolute Gasteiger partial charge is 0.0995 e. The van der Waals surface area contributed by atoms with Gasteiger partial charge in [-0.05, 0) is 94.0 Å². The molecule has 4 fully saturated rings. The van der Waals surface area contributed by atoms with E-state index in [4.69, 9.17) is 23.7 Å². The molecule has 0 aromatic rings. The van der Waals surface area contributed by atoms with Gasteiger partial charge in [-0.2, -0.15) is 0 Å². The topological polar surface area (TPSA) is 62.4 Å². The largest absolute Gasteiger partial charge is 0.379 e. The van der Waals surface area contributed by atoms with E-state index in [1.165, 1.54) is 71.4 Å². The number of likely N-dealkylation sites (tertiary alicyclic amines) is 2. The summed E-state index contributed by atoms with van der Waals surface area (Å²) < 4.78 is 27.2. The summed E-state index contributed by atoms with van der Waals surface area (Å²) in [5.74, 6) is 0.917. The second-order valence-electron chi connectivity index (χ2n) is 14.5.